The van der Waals surface area contributed by atoms with Gasteiger partial charge in [0.25, 0.3) is 11.7 Å². The Hall–Kier alpha value is -3.38. The molecule has 2 aromatic carbocycles. The summed E-state index contributed by atoms with van der Waals surface area (Å²) >= 11 is 1.46. The standard InChI is InChI=1S/C25H21NO4S/c1-15-12-18-13-17(9-10-19(18)30-15)23(27)21-22(20-8-5-11-31-20)26(25(29)24(21)28)14-16-6-3-2-4-7-16/h2-11,13,15,22,27H,12,14H2,1H3/b23-21+/t15-,22+/m0/s1. The minimum Gasteiger partial charge on any atom is -0.507 e. The van der Waals surface area contributed by atoms with Crippen molar-refractivity contribution in [1.29, 1.82) is 0 Å². The average molecular weight is 432 g/mol. The molecule has 1 N–H and O–H groups in total. The SMILES string of the molecule is C[C@H]1Cc2cc(/C(O)=C3\C(=O)C(=O)N(Cc4ccccc4)[C@@H]3c3cccs3)ccc2O1. The Bertz CT molecular complexity index is 1180. The molecular formula is C25H21NO4S. The first-order valence-corrected chi connectivity index (χ1v) is 11.1. The summed E-state index contributed by atoms with van der Waals surface area (Å²) in [5, 5.41) is 13.1. The molecule has 0 radical (unpaired) electrons. The van der Waals surface area contributed by atoms with Crippen LogP contribution in [0.5, 0.6) is 5.75 Å². The molecule has 0 spiro atoms. The van der Waals surface area contributed by atoms with Gasteiger partial charge in [0.05, 0.1) is 11.6 Å². The number of amides is 1. The van der Waals surface area contributed by atoms with Crippen LogP contribution in [0.3, 0.4) is 0 Å². The summed E-state index contributed by atoms with van der Waals surface area (Å²) < 4.78 is 5.74. The molecule has 2 aliphatic heterocycles. The van der Waals surface area contributed by atoms with Crippen molar-refractivity contribution < 1.29 is 19.4 Å². The quantitative estimate of drug-likeness (QED) is 0.370. The van der Waals surface area contributed by atoms with Crippen LogP contribution < -0.4 is 4.74 Å². The first-order valence-electron chi connectivity index (χ1n) is 10.2. The van der Waals surface area contributed by atoms with E-state index >= 15 is 0 Å². The van der Waals surface area contributed by atoms with E-state index in [2.05, 4.69) is 0 Å². The highest BCUT2D eigenvalue weighted by atomic mass is 32.1. The van der Waals surface area contributed by atoms with Crippen LogP contribution >= 0.6 is 11.3 Å². The molecule has 1 amide bonds. The van der Waals surface area contributed by atoms with Crippen molar-refractivity contribution in [1.82, 2.24) is 4.90 Å². The van der Waals surface area contributed by atoms with Crippen LogP contribution in [-0.2, 0) is 22.6 Å². The van der Waals surface area contributed by atoms with Crippen LogP contribution in [-0.4, -0.2) is 27.8 Å². The number of thiophene rings is 1. The van der Waals surface area contributed by atoms with E-state index in [1.807, 2.05) is 66.9 Å². The lowest BCUT2D eigenvalue weighted by Crippen LogP contribution is -2.28. The van der Waals surface area contributed by atoms with E-state index < -0.39 is 17.7 Å². The van der Waals surface area contributed by atoms with Crippen molar-refractivity contribution in [3.8, 4) is 5.75 Å². The fourth-order valence-corrected chi connectivity index (χ4v) is 5.14. The average Bonchev–Trinajstić information content (AvgIpc) is 3.48. The van der Waals surface area contributed by atoms with Crippen molar-refractivity contribution in [2.24, 2.45) is 0 Å². The number of benzene rings is 2. The molecule has 1 saturated heterocycles. The van der Waals surface area contributed by atoms with Crippen LogP contribution in [0.2, 0.25) is 0 Å². The minimum absolute atomic E-state index is 0.0787. The van der Waals surface area contributed by atoms with Crippen molar-refractivity contribution in [2.75, 3.05) is 0 Å². The molecule has 5 nitrogen and oxygen atoms in total. The second kappa shape index (κ2) is 7.71. The molecule has 3 heterocycles. The number of rotatable bonds is 4. The molecular weight excluding hydrogens is 410 g/mol. The maximum absolute atomic E-state index is 13.1. The third kappa shape index (κ3) is 3.43. The van der Waals surface area contributed by atoms with Gasteiger partial charge >= 0.3 is 0 Å². The molecule has 3 aromatic rings. The number of hydrogen-bond acceptors (Lipinski definition) is 5. The Balaban J connectivity index is 1.60. The third-order valence-corrected chi connectivity index (χ3v) is 6.64. The van der Waals surface area contributed by atoms with Gasteiger partial charge in [0, 0.05) is 23.4 Å². The zero-order chi connectivity index (χ0) is 21.5. The second-order valence-corrected chi connectivity index (χ2v) is 8.86. The number of carbonyl (C=O) groups is 2. The predicted octanol–water partition coefficient (Wildman–Crippen LogP) is 4.69. The van der Waals surface area contributed by atoms with Crippen molar-refractivity contribution >= 4 is 28.8 Å². The number of fused-ring (bicyclic) bond motifs is 1. The Labute approximate surface area is 184 Å². The summed E-state index contributed by atoms with van der Waals surface area (Å²) in [5.41, 5.74) is 2.57. The van der Waals surface area contributed by atoms with Crippen molar-refractivity contribution in [3.63, 3.8) is 0 Å². The lowest BCUT2D eigenvalue weighted by atomic mass is 9.98. The van der Waals surface area contributed by atoms with E-state index in [0.29, 0.717) is 12.1 Å². The fraction of sp³-hybridized carbons (Fsp3) is 0.200. The first kappa shape index (κ1) is 19.6. The number of aliphatic hydroxyl groups is 1. The topological polar surface area (TPSA) is 66.8 Å². The van der Waals surface area contributed by atoms with E-state index in [4.69, 9.17) is 4.74 Å². The molecule has 2 aliphatic rings. The molecule has 0 aliphatic carbocycles. The second-order valence-electron chi connectivity index (χ2n) is 7.88. The Kier molecular flexibility index (Phi) is 4.87. The maximum atomic E-state index is 13.1. The minimum atomic E-state index is -0.656. The van der Waals surface area contributed by atoms with E-state index in [-0.39, 0.29) is 17.4 Å². The summed E-state index contributed by atoms with van der Waals surface area (Å²) in [7, 11) is 0. The van der Waals surface area contributed by atoms with Crippen LogP contribution in [0.25, 0.3) is 5.76 Å². The summed E-state index contributed by atoms with van der Waals surface area (Å²) in [4.78, 5) is 28.5. The predicted molar refractivity (Wildman–Crippen MR) is 119 cm³/mol. The molecule has 6 heteroatoms. The Morgan fingerprint density at radius 1 is 1.13 bits per heavy atom. The zero-order valence-electron chi connectivity index (χ0n) is 16.9. The number of nitrogens with zero attached hydrogens (tertiary/aromatic N) is 1. The van der Waals surface area contributed by atoms with Gasteiger partial charge in [-0.15, -0.1) is 11.3 Å². The van der Waals surface area contributed by atoms with Gasteiger partial charge in [0.15, 0.2) is 0 Å². The highest BCUT2D eigenvalue weighted by Gasteiger charge is 2.46. The zero-order valence-corrected chi connectivity index (χ0v) is 17.8. The number of hydrogen-bond donors (Lipinski definition) is 1. The maximum Gasteiger partial charge on any atom is 0.295 e. The monoisotopic (exact) mass is 431 g/mol. The molecule has 31 heavy (non-hydrogen) atoms. The Morgan fingerprint density at radius 2 is 1.94 bits per heavy atom. The number of aliphatic hydroxyl groups excluding tert-OH is 1. The van der Waals surface area contributed by atoms with Crippen LogP contribution in [0.1, 0.15) is 34.5 Å². The molecule has 0 saturated carbocycles. The number of Topliss-reactive ketones (excluding diaryl/α,β-unsaturated/α-hetero) is 1. The summed E-state index contributed by atoms with van der Waals surface area (Å²) in [6.45, 7) is 2.28. The van der Waals surface area contributed by atoms with E-state index in [1.54, 1.807) is 11.0 Å². The van der Waals surface area contributed by atoms with Gasteiger partial charge in [-0.1, -0.05) is 36.4 Å². The fourth-order valence-electron chi connectivity index (χ4n) is 4.29. The van der Waals surface area contributed by atoms with Gasteiger partial charge in [-0.3, -0.25) is 9.59 Å². The van der Waals surface area contributed by atoms with Gasteiger partial charge in [-0.25, -0.2) is 0 Å². The molecule has 5 rings (SSSR count). The van der Waals surface area contributed by atoms with Crippen LogP contribution in [0, 0.1) is 0 Å². The van der Waals surface area contributed by atoms with E-state index in [9.17, 15) is 14.7 Å². The van der Waals surface area contributed by atoms with Gasteiger partial charge in [0.2, 0.25) is 0 Å². The lowest BCUT2D eigenvalue weighted by molar-refractivity contribution is -0.140. The number of ketones is 1. The number of likely N-dealkylation sites (tertiary alicyclic amines) is 1. The summed E-state index contributed by atoms with van der Waals surface area (Å²) in [6.07, 6.45) is 0.822. The lowest BCUT2D eigenvalue weighted by Gasteiger charge is -2.24. The third-order valence-electron chi connectivity index (χ3n) is 5.72. The molecule has 0 unspecified atom stereocenters. The van der Waals surface area contributed by atoms with Gasteiger partial charge in [-0.2, -0.15) is 0 Å². The summed E-state index contributed by atoms with van der Waals surface area (Å²) in [5.74, 6) is -0.600. The molecule has 156 valence electrons. The van der Waals surface area contributed by atoms with Gasteiger partial charge < -0.3 is 14.7 Å². The van der Waals surface area contributed by atoms with E-state index in [0.717, 1.165) is 28.2 Å². The highest BCUT2D eigenvalue weighted by Crippen LogP contribution is 2.42. The first-order chi connectivity index (χ1) is 15.0. The van der Waals surface area contributed by atoms with Gasteiger partial charge in [0.1, 0.15) is 17.6 Å². The highest BCUT2D eigenvalue weighted by molar-refractivity contribution is 7.10. The largest absolute Gasteiger partial charge is 0.507 e. The molecule has 1 fully saturated rings. The Morgan fingerprint density at radius 3 is 2.68 bits per heavy atom. The molecule has 0 bridgehead atoms. The summed E-state index contributed by atoms with van der Waals surface area (Å²) in [6, 6.07) is 18.1. The van der Waals surface area contributed by atoms with E-state index in [1.165, 1.54) is 11.3 Å². The number of carbonyl (C=O) groups excluding carboxylic acids is 2. The number of ether oxygens (including phenoxy) is 1. The normalized spacial score (nSPS) is 21.9. The van der Waals surface area contributed by atoms with Crippen LogP contribution in [0.4, 0.5) is 0 Å². The smallest absolute Gasteiger partial charge is 0.295 e. The van der Waals surface area contributed by atoms with Crippen molar-refractivity contribution in [3.05, 3.63) is 93.2 Å². The molecule has 1 aromatic heterocycles. The molecule has 2 atom stereocenters. The van der Waals surface area contributed by atoms with Gasteiger partial charge in [-0.05, 0) is 47.7 Å². The van der Waals surface area contributed by atoms with Crippen molar-refractivity contribution in [2.45, 2.75) is 32.0 Å². The van der Waals surface area contributed by atoms with Crippen LogP contribution in [0.15, 0.2) is 71.6 Å².